The van der Waals surface area contributed by atoms with Crippen molar-refractivity contribution in [3.05, 3.63) is 64.5 Å². The van der Waals surface area contributed by atoms with Crippen LogP contribution in [0.2, 0.25) is 0 Å². The van der Waals surface area contributed by atoms with Crippen LogP contribution in [0.4, 0.5) is 17.6 Å². The third-order valence-electron chi connectivity index (χ3n) is 6.05. The molecule has 4 rings (SSSR count). The predicted molar refractivity (Wildman–Crippen MR) is 105 cm³/mol. The first kappa shape index (κ1) is 22.8. The molecule has 6 unspecified atom stereocenters. The molecule has 6 nitrogen and oxygen atoms in total. The quantitative estimate of drug-likeness (QED) is 0.618. The van der Waals surface area contributed by atoms with Gasteiger partial charge in [0.05, 0.1) is 17.4 Å². The molecular weight excluding hydrogens is 432 g/mol. The Bertz CT molecular complexity index is 1030. The van der Waals surface area contributed by atoms with Crippen LogP contribution in [-0.4, -0.2) is 49.7 Å². The van der Waals surface area contributed by atoms with Gasteiger partial charge in [0.2, 0.25) is 0 Å². The number of hydrogen-bond acceptors (Lipinski definition) is 6. The van der Waals surface area contributed by atoms with Gasteiger partial charge >= 0.3 is 6.18 Å². The number of ether oxygens (including phenoxy) is 1. The number of benzene rings is 1. The van der Waals surface area contributed by atoms with Crippen LogP contribution in [0.15, 0.2) is 30.6 Å². The van der Waals surface area contributed by atoms with E-state index >= 15 is 0 Å². The van der Waals surface area contributed by atoms with Gasteiger partial charge < -0.3 is 20.1 Å². The van der Waals surface area contributed by atoms with Crippen LogP contribution >= 0.6 is 0 Å². The highest BCUT2D eigenvalue weighted by atomic mass is 19.4. The lowest BCUT2D eigenvalue weighted by Gasteiger charge is -2.24. The molecule has 1 fully saturated rings. The highest BCUT2D eigenvalue weighted by Gasteiger charge is 2.49. The van der Waals surface area contributed by atoms with E-state index in [4.69, 9.17) is 4.74 Å². The average molecular weight is 454 g/mol. The summed E-state index contributed by atoms with van der Waals surface area (Å²) >= 11 is 0. The molecule has 1 saturated heterocycles. The maximum Gasteiger partial charge on any atom is 0.416 e. The number of rotatable bonds is 3. The van der Waals surface area contributed by atoms with Crippen molar-refractivity contribution in [1.82, 2.24) is 9.97 Å². The molecule has 172 valence electrons. The molecule has 1 aliphatic carbocycles. The minimum atomic E-state index is -4.81. The fraction of sp³-hybridized carbons (Fsp3) is 0.455. The SMILES string of the molecule is Cc1ncnc2c1C=CC(C1OC(C(O)c3cc(F)cc(C(F)(F)F)c3)C(O)C1O)CC2. The third-order valence-corrected chi connectivity index (χ3v) is 6.05. The lowest BCUT2D eigenvalue weighted by atomic mass is 9.91. The van der Waals surface area contributed by atoms with Crippen LogP contribution < -0.4 is 0 Å². The van der Waals surface area contributed by atoms with Crippen molar-refractivity contribution in [2.24, 2.45) is 5.92 Å². The summed E-state index contributed by atoms with van der Waals surface area (Å²) in [5, 5.41) is 31.7. The number of aryl methyl sites for hydroxylation is 2. The van der Waals surface area contributed by atoms with Gasteiger partial charge in [0.25, 0.3) is 0 Å². The molecule has 0 spiro atoms. The van der Waals surface area contributed by atoms with E-state index in [2.05, 4.69) is 9.97 Å². The summed E-state index contributed by atoms with van der Waals surface area (Å²) < 4.78 is 58.6. The second kappa shape index (κ2) is 8.51. The van der Waals surface area contributed by atoms with Gasteiger partial charge in [-0.2, -0.15) is 13.2 Å². The van der Waals surface area contributed by atoms with Gasteiger partial charge in [-0.3, -0.25) is 0 Å². The van der Waals surface area contributed by atoms with Crippen LogP contribution in [0.25, 0.3) is 6.08 Å². The van der Waals surface area contributed by atoms with E-state index in [-0.39, 0.29) is 5.92 Å². The zero-order valence-corrected chi connectivity index (χ0v) is 17.0. The maximum atomic E-state index is 13.8. The highest BCUT2D eigenvalue weighted by molar-refractivity contribution is 5.55. The minimum absolute atomic E-state index is 0.318. The van der Waals surface area contributed by atoms with E-state index < -0.39 is 53.6 Å². The number of aliphatic hydroxyl groups excluding tert-OH is 3. The average Bonchev–Trinajstić information content (AvgIpc) is 2.90. The van der Waals surface area contributed by atoms with Crippen molar-refractivity contribution in [3.63, 3.8) is 0 Å². The summed E-state index contributed by atoms with van der Waals surface area (Å²) in [7, 11) is 0. The van der Waals surface area contributed by atoms with E-state index in [0.29, 0.717) is 25.0 Å². The monoisotopic (exact) mass is 454 g/mol. The molecule has 6 atom stereocenters. The summed E-state index contributed by atoms with van der Waals surface area (Å²) in [6.45, 7) is 1.84. The lowest BCUT2D eigenvalue weighted by Crippen LogP contribution is -2.37. The van der Waals surface area contributed by atoms with Crippen LogP contribution in [0.3, 0.4) is 0 Å². The standard InChI is InChI=1S/C22H22F4N2O4/c1-10-15-4-2-11(3-5-16(15)28-9-27-10)20-18(30)19(31)21(32-20)17(29)12-6-13(22(24,25)26)8-14(23)7-12/h2,4,6-9,11,17-21,29-31H,3,5H2,1H3. The summed E-state index contributed by atoms with van der Waals surface area (Å²) in [5.41, 5.74) is 0.820. The molecule has 2 aliphatic rings. The van der Waals surface area contributed by atoms with Crippen molar-refractivity contribution in [2.75, 3.05) is 0 Å². The van der Waals surface area contributed by atoms with Gasteiger partial charge in [0, 0.05) is 17.2 Å². The van der Waals surface area contributed by atoms with E-state index in [1.807, 2.05) is 19.1 Å². The Balaban J connectivity index is 1.56. The molecule has 0 radical (unpaired) electrons. The van der Waals surface area contributed by atoms with E-state index in [1.165, 1.54) is 6.33 Å². The summed E-state index contributed by atoms with van der Waals surface area (Å²) in [5.74, 6) is -1.54. The second-order valence-electron chi connectivity index (χ2n) is 8.14. The first-order valence-electron chi connectivity index (χ1n) is 10.1. The molecule has 2 heterocycles. The van der Waals surface area contributed by atoms with Gasteiger partial charge in [-0.1, -0.05) is 12.2 Å². The van der Waals surface area contributed by atoms with Gasteiger partial charge in [-0.05, 0) is 43.5 Å². The predicted octanol–water partition coefficient (Wildman–Crippen LogP) is 2.74. The Morgan fingerprint density at radius 3 is 2.59 bits per heavy atom. The molecule has 1 aromatic carbocycles. The summed E-state index contributed by atoms with van der Waals surface area (Å²) in [4.78, 5) is 8.43. The van der Waals surface area contributed by atoms with Crippen molar-refractivity contribution >= 4 is 6.08 Å². The Labute approximate surface area is 181 Å². The normalized spacial score (nSPS) is 28.9. The van der Waals surface area contributed by atoms with E-state index in [1.54, 1.807) is 0 Å². The smallest absolute Gasteiger partial charge is 0.388 e. The molecule has 3 N–H and O–H groups in total. The molecule has 32 heavy (non-hydrogen) atoms. The minimum Gasteiger partial charge on any atom is -0.388 e. The molecule has 2 aromatic rings. The molecule has 0 bridgehead atoms. The van der Waals surface area contributed by atoms with Gasteiger partial charge in [-0.15, -0.1) is 0 Å². The number of nitrogens with zero attached hydrogens (tertiary/aromatic N) is 2. The molecule has 1 aliphatic heterocycles. The summed E-state index contributed by atoms with van der Waals surface area (Å²) in [6, 6.07) is 1.67. The topological polar surface area (TPSA) is 95.7 Å². The van der Waals surface area contributed by atoms with Gasteiger partial charge in [-0.25, -0.2) is 14.4 Å². The Kier molecular flexibility index (Phi) is 6.06. The van der Waals surface area contributed by atoms with Gasteiger partial charge in [0.1, 0.15) is 36.6 Å². The Morgan fingerprint density at radius 2 is 1.88 bits per heavy atom. The van der Waals surface area contributed by atoms with Crippen molar-refractivity contribution in [1.29, 1.82) is 0 Å². The zero-order valence-electron chi connectivity index (χ0n) is 17.0. The zero-order chi connectivity index (χ0) is 23.2. The lowest BCUT2D eigenvalue weighted by molar-refractivity contribution is -0.138. The highest BCUT2D eigenvalue weighted by Crippen LogP contribution is 2.38. The molecular formula is C22H22F4N2O4. The van der Waals surface area contributed by atoms with Gasteiger partial charge in [0.15, 0.2) is 0 Å². The Hall–Kier alpha value is -2.40. The largest absolute Gasteiger partial charge is 0.416 e. The fourth-order valence-corrected chi connectivity index (χ4v) is 4.33. The number of alkyl halides is 3. The van der Waals surface area contributed by atoms with E-state index in [0.717, 1.165) is 23.0 Å². The number of halogens is 4. The van der Waals surface area contributed by atoms with Crippen LogP contribution in [0, 0.1) is 18.7 Å². The molecule has 1 aromatic heterocycles. The second-order valence-corrected chi connectivity index (χ2v) is 8.14. The maximum absolute atomic E-state index is 13.8. The number of hydrogen-bond donors (Lipinski definition) is 3. The molecule has 10 heteroatoms. The molecule has 0 saturated carbocycles. The van der Waals surface area contributed by atoms with E-state index in [9.17, 15) is 32.9 Å². The van der Waals surface area contributed by atoms with Crippen LogP contribution in [-0.2, 0) is 17.3 Å². The Morgan fingerprint density at radius 1 is 1.12 bits per heavy atom. The summed E-state index contributed by atoms with van der Waals surface area (Å²) in [6.07, 6.45) is -5.73. The third kappa shape index (κ3) is 4.27. The number of fused-ring (bicyclic) bond motifs is 1. The molecule has 0 amide bonds. The van der Waals surface area contributed by atoms with Crippen LogP contribution in [0.1, 0.15) is 40.6 Å². The van der Waals surface area contributed by atoms with Crippen LogP contribution in [0.5, 0.6) is 0 Å². The fourth-order valence-electron chi connectivity index (χ4n) is 4.33. The van der Waals surface area contributed by atoms with Crippen molar-refractivity contribution in [3.8, 4) is 0 Å². The first-order chi connectivity index (χ1) is 15.1. The number of aromatic nitrogens is 2. The number of aliphatic hydroxyl groups is 3. The van der Waals surface area contributed by atoms with Crippen molar-refractivity contribution < 1.29 is 37.6 Å². The first-order valence-corrected chi connectivity index (χ1v) is 10.1. The van der Waals surface area contributed by atoms with Crippen molar-refractivity contribution in [2.45, 2.75) is 56.5 Å².